The van der Waals surface area contributed by atoms with E-state index in [1.807, 2.05) is 61.5 Å². The highest BCUT2D eigenvalue weighted by atomic mass is 16.5. The average molecular weight is 418 g/mol. The molecular formula is C26H27NO4. The molecule has 0 saturated heterocycles. The molecule has 160 valence electrons. The van der Waals surface area contributed by atoms with Crippen molar-refractivity contribution in [3.8, 4) is 5.75 Å². The zero-order valence-electron chi connectivity index (χ0n) is 18.0. The Bertz CT molecular complexity index is 1030. The number of carbonyl (C=O) groups is 2. The lowest BCUT2D eigenvalue weighted by molar-refractivity contribution is -0.136. The number of nitrogens with zero attached hydrogens (tertiary/aromatic N) is 1. The van der Waals surface area contributed by atoms with Crippen molar-refractivity contribution in [3.05, 3.63) is 82.6 Å². The van der Waals surface area contributed by atoms with E-state index in [0.717, 1.165) is 36.8 Å². The summed E-state index contributed by atoms with van der Waals surface area (Å²) in [5.41, 5.74) is 3.20. The lowest BCUT2D eigenvalue weighted by atomic mass is 10.0. The summed E-state index contributed by atoms with van der Waals surface area (Å²) in [5, 5.41) is 0. The molecule has 0 unspecified atom stereocenters. The van der Waals surface area contributed by atoms with E-state index in [2.05, 4.69) is 0 Å². The number of hydrogen-bond donors (Lipinski definition) is 0. The molecule has 0 aromatic heterocycles. The topological polar surface area (TPSA) is 55.8 Å². The molecule has 1 saturated carbocycles. The van der Waals surface area contributed by atoms with Crippen LogP contribution in [0.2, 0.25) is 0 Å². The Morgan fingerprint density at radius 1 is 1.06 bits per heavy atom. The van der Waals surface area contributed by atoms with Gasteiger partial charge in [0.05, 0.1) is 18.3 Å². The number of ether oxygens (including phenoxy) is 2. The third kappa shape index (κ3) is 4.26. The molecule has 31 heavy (non-hydrogen) atoms. The van der Waals surface area contributed by atoms with Gasteiger partial charge < -0.3 is 14.4 Å². The summed E-state index contributed by atoms with van der Waals surface area (Å²) >= 11 is 0. The Morgan fingerprint density at radius 3 is 2.45 bits per heavy atom. The molecule has 0 atom stereocenters. The van der Waals surface area contributed by atoms with Crippen LogP contribution in [0.5, 0.6) is 5.75 Å². The fraction of sp³-hybridized carbons (Fsp3) is 0.308. The van der Waals surface area contributed by atoms with Crippen LogP contribution in [0.4, 0.5) is 0 Å². The number of allylic oxidation sites excluding steroid dienone is 1. The normalized spacial score (nSPS) is 18.2. The van der Waals surface area contributed by atoms with Gasteiger partial charge in [-0.25, -0.2) is 4.79 Å². The molecule has 0 spiro atoms. The molecule has 1 amide bonds. The maximum Gasteiger partial charge on any atom is 0.340 e. The van der Waals surface area contributed by atoms with Gasteiger partial charge >= 0.3 is 5.97 Å². The van der Waals surface area contributed by atoms with Crippen LogP contribution < -0.4 is 4.74 Å². The number of esters is 1. The van der Waals surface area contributed by atoms with Crippen molar-refractivity contribution < 1.29 is 19.1 Å². The molecule has 1 fully saturated rings. The van der Waals surface area contributed by atoms with Gasteiger partial charge in [0, 0.05) is 17.3 Å². The van der Waals surface area contributed by atoms with E-state index in [1.165, 1.54) is 7.11 Å². The first-order valence-corrected chi connectivity index (χ1v) is 10.7. The molecule has 4 rings (SSSR count). The summed E-state index contributed by atoms with van der Waals surface area (Å²) in [5.74, 6) is 0.0378. The van der Waals surface area contributed by atoms with Crippen molar-refractivity contribution in [2.45, 2.75) is 45.3 Å². The van der Waals surface area contributed by atoms with E-state index >= 15 is 0 Å². The number of rotatable bonds is 6. The summed E-state index contributed by atoms with van der Waals surface area (Å²) in [7, 11) is 1.35. The first-order valence-electron chi connectivity index (χ1n) is 10.7. The van der Waals surface area contributed by atoms with Gasteiger partial charge in [-0.2, -0.15) is 0 Å². The van der Waals surface area contributed by atoms with Gasteiger partial charge in [0.25, 0.3) is 5.91 Å². The summed E-state index contributed by atoms with van der Waals surface area (Å²) < 4.78 is 11.1. The van der Waals surface area contributed by atoms with Crippen molar-refractivity contribution in [2.75, 3.05) is 7.11 Å². The van der Waals surface area contributed by atoms with Gasteiger partial charge in [-0.15, -0.1) is 0 Å². The minimum Gasteiger partial charge on any atom is -0.488 e. The monoisotopic (exact) mass is 417 g/mol. The van der Waals surface area contributed by atoms with E-state index < -0.39 is 5.97 Å². The van der Waals surface area contributed by atoms with E-state index in [-0.39, 0.29) is 11.9 Å². The Balaban J connectivity index is 1.68. The molecule has 2 aliphatic rings. The summed E-state index contributed by atoms with van der Waals surface area (Å²) in [6, 6.07) is 17.6. The Hall–Kier alpha value is -3.34. The number of hydrogen-bond acceptors (Lipinski definition) is 4. The SMILES string of the molecule is COC(=O)C1=C(C)N(C2CCCC2)C(=O)/C1=C\c1ccccc1OCc1ccccc1. The van der Waals surface area contributed by atoms with Crippen LogP contribution in [-0.2, 0) is 20.9 Å². The molecule has 0 radical (unpaired) electrons. The zero-order chi connectivity index (χ0) is 21.8. The summed E-state index contributed by atoms with van der Waals surface area (Å²) in [4.78, 5) is 27.8. The molecule has 2 aromatic carbocycles. The van der Waals surface area contributed by atoms with E-state index in [9.17, 15) is 9.59 Å². The predicted molar refractivity (Wildman–Crippen MR) is 119 cm³/mol. The van der Waals surface area contributed by atoms with Gasteiger partial charge in [0.1, 0.15) is 12.4 Å². The maximum atomic E-state index is 13.4. The molecular weight excluding hydrogens is 390 g/mol. The van der Waals surface area contributed by atoms with Crippen LogP contribution >= 0.6 is 0 Å². The van der Waals surface area contributed by atoms with Gasteiger partial charge in [-0.3, -0.25) is 4.79 Å². The molecule has 2 aromatic rings. The fourth-order valence-electron chi connectivity index (χ4n) is 4.42. The molecule has 0 bridgehead atoms. The van der Waals surface area contributed by atoms with Crippen molar-refractivity contribution in [1.29, 1.82) is 0 Å². The van der Waals surface area contributed by atoms with E-state index in [4.69, 9.17) is 9.47 Å². The highest BCUT2D eigenvalue weighted by Crippen LogP contribution is 2.38. The number of carbonyl (C=O) groups excluding carboxylic acids is 2. The smallest absolute Gasteiger partial charge is 0.340 e. The van der Waals surface area contributed by atoms with Crippen molar-refractivity contribution in [2.24, 2.45) is 0 Å². The lowest BCUT2D eigenvalue weighted by Crippen LogP contribution is -2.34. The van der Waals surface area contributed by atoms with Crippen molar-refractivity contribution in [1.82, 2.24) is 4.90 Å². The van der Waals surface area contributed by atoms with Gasteiger partial charge in [-0.05, 0) is 37.5 Å². The van der Waals surface area contributed by atoms with E-state index in [1.54, 1.807) is 11.0 Å². The third-order valence-electron chi connectivity index (χ3n) is 5.98. The zero-order valence-corrected chi connectivity index (χ0v) is 18.0. The van der Waals surface area contributed by atoms with Gasteiger partial charge in [0.15, 0.2) is 0 Å². The van der Waals surface area contributed by atoms with Gasteiger partial charge in [-0.1, -0.05) is 61.4 Å². The fourth-order valence-corrected chi connectivity index (χ4v) is 4.42. The Morgan fingerprint density at radius 2 is 1.74 bits per heavy atom. The summed E-state index contributed by atoms with van der Waals surface area (Å²) in [6.45, 7) is 2.25. The minimum atomic E-state index is -0.486. The second kappa shape index (κ2) is 9.21. The number of amides is 1. The molecule has 0 N–H and O–H groups in total. The molecule has 5 nitrogen and oxygen atoms in total. The standard InChI is InChI=1S/C26H27NO4/c1-18-24(26(29)30-2)22(25(28)27(18)21-13-7-8-14-21)16-20-12-6-9-15-23(20)31-17-19-10-4-3-5-11-19/h3-6,9-12,15-16,21H,7-8,13-14,17H2,1-2H3/b22-16-. The third-order valence-corrected chi connectivity index (χ3v) is 5.98. The number of benzene rings is 2. The average Bonchev–Trinajstić information content (AvgIpc) is 3.40. The van der Waals surface area contributed by atoms with Crippen molar-refractivity contribution >= 4 is 18.0 Å². The predicted octanol–water partition coefficient (Wildman–Crippen LogP) is 4.88. The Labute approximate surface area is 183 Å². The molecule has 1 aliphatic carbocycles. The first kappa shape index (κ1) is 20.9. The highest BCUT2D eigenvalue weighted by Gasteiger charge is 2.41. The van der Waals surface area contributed by atoms with Crippen LogP contribution in [0.3, 0.4) is 0 Å². The van der Waals surface area contributed by atoms with Crippen LogP contribution in [-0.4, -0.2) is 29.9 Å². The van der Waals surface area contributed by atoms with Crippen LogP contribution in [0.25, 0.3) is 6.08 Å². The quantitative estimate of drug-likeness (QED) is 0.497. The van der Waals surface area contributed by atoms with Gasteiger partial charge in [0.2, 0.25) is 0 Å². The largest absolute Gasteiger partial charge is 0.488 e. The van der Waals surface area contributed by atoms with Crippen LogP contribution in [0, 0.1) is 0 Å². The maximum absolute atomic E-state index is 13.4. The lowest BCUT2D eigenvalue weighted by Gasteiger charge is -2.25. The van der Waals surface area contributed by atoms with E-state index in [0.29, 0.717) is 29.2 Å². The molecule has 1 aliphatic heterocycles. The van der Waals surface area contributed by atoms with Crippen LogP contribution in [0.15, 0.2) is 71.4 Å². The Kier molecular flexibility index (Phi) is 6.21. The molecule has 1 heterocycles. The summed E-state index contributed by atoms with van der Waals surface area (Å²) in [6.07, 6.45) is 5.88. The first-order chi connectivity index (χ1) is 15.1. The second-order valence-corrected chi connectivity index (χ2v) is 7.94. The number of methoxy groups -OCH3 is 1. The molecule has 5 heteroatoms. The minimum absolute atomic E-state index is 0.136. The van der Waals surface area contributed by atoms with Crippen LogP contribution in [0.1, 0.15) is 43.7 Å². The van der Waals surface area contributed by atoms with Crippen molar-refractivity contribution in [3.63, 3.8) is 0 Å². The highest BCUT2D eigenvalue weighted by molar-refractivity contribution is 6.16. The second-order valence-electron chi connectivity index (χ2n) is 7.94. The number of para-hydroxylation sites is 1.